The molecule has 0 saturated carbocycles. The van der Waals surface area contributed by atoms with Crippen LogP contribution in [0, 0.1) is 10.1 Å². The molecular formula is C10H9NO5S. The Bertz CT molecular complexity index is 472. The highest BCUT2D eigenvalue weighted by Crippen LogP contribution is 2.36. The molecule has 2 rings (SSSR count). The zero-order valence-electron chi connectivity index (χ0n) is 8.66. The molecule has 1 fully saturated rings. The summed E-state index contributed by atoms with van der Waals surface area (Å²) in [6, 6.07) is 4.31. The van der Waals surface area contributed by atoms with Gasteiger partial charge in [-0.3, -0.25) is 10.1 Å². The van der Waals surface area contributed by atoms with Crippen LogP contribution in [0.5, 0.6) is 0 Å². The lowest BCUT2D eigenvalue weighted by atomic mass is 10.2. The van der Waals surface area contributed by atoms with Crippen LogP contribution in [0.15, 0.2) is 23.1 Å². The predicted octanol–water partition coefficient (Wildman–Crippen LogP) is 1.78. The maximum atomic E-state index is 10.9. The minimum absolute atomic E-state index is 0.165. The molecule has 7 heteroatoms. The molecule has 1 aliphatic heterocycles. The molecule has 1 saturated heterocycles. The van der Waals surface area contributed by atoms with Crippen LogP contribution in [0.2, 0.25) is 0 Å². The summed E-state index contributed by atoms with van der Waals surface area (Å²) in [5, 5.41) is 20.0. The van der Waals surface area contributed by atoms with E-state index >= 15 is 0 Å². The van der Waals surface area contributed by atoms with Gasteiger partial charge in [0.15, 0.2) is 0 Å². The van der Waals surface area contributed by atoms with Crippen LogP contribution in [-0.4, -0.2) is 34.5 Å². The van der Waals surface area contributed by atoms with Gasteiger partial charge in [0.25, 0.3) is 5.69 Å². The molecule has 1 aliphatic rings. The molecule has 0 atom stereocenters. The van der Waals surface area contributed by atoms with Crippen molar-refractivity contribution in [2.24, 2.45) is 0 Å². The van der Waals surface area contributed by atoms with Crippen molar-refractivity contribution in [2.75, 3.05) is 13.2 Å². The normalized spacial score (nSPS) is 15.3. The number of carbonyl (C=O) groups is 1. The van der Waals surface area contributed by atoms with Gasteiger partial charge in [-0.15, -0.1) is 11.8 Å². The summed E-state index contributed by atoms with van der Waals surface area (Å²) in [7, 11) is 0. The fourth-order valence-electron chi connectivity index (χ4n) is 1.44. The molecule has 0 unspecified atom stereocenters. The highest BCUT2D eigenvalue weighted by atomic mass is 32.2. The van der Waals surface area contributed by atoms with Crippen molar-refractivity contribution in [3.63, 3.8) is 0 Å². The van der Waals surface area contributed by atoms with E-state index in [1.807, 2.05) is 0 Å². The van der Waals surface area contributed by atoms with E-state index < -0.39 is 10.9 Å². The Hall–Kier alpha value is -1.60. The van der Waals surface area contributed by atoms with Crippen LogP contribution < -0.4 is 0 Å². The summed E-state index contributed by atoms with van der Waals surface area (Å²) in [5.41, 5.74) is -0.614. The molecule has 0 bridgehead atoms. The van der Waals surface area contributed by atoms with Crippen LogP contribution in [0.25, 0.3) is 0 Å². The lowest BCUT2D eigenvalue weighted by Gasteiger charge is -2.25. The Labute approximate surface area is 101 Å². The first-order chi connectivity index (χ1) is 8.09. The van der Waals surface area contributed by atoms with Crippen molar-refractivity contribution in [3.8, 4) is 0 Å². The zero-order valence-corrected chi connectivity index (χ0v) is 9.48. The lowest BCUT2D eigenvalue weighted by molar-refractivity contribution is -0.388. The quantitative estimate of drug-likeness (QED) is 0.651. The number of benzene rings is 1. The van der Waals surface area contributed by atoms with Gasteiger partial charge in [-0.25, -0.2) is 4.79 Å². The number of carboxylic acids is 1. The molecule has 1 aromatic carbocycles. The van der Waals surface area contributed by atoms with Crippen LogP contribution in [0.4, 0.5) is 5.69 Å². The first-order valence-electron chi connectivity index (χ1n) is 4.84. The minimum atomic E-state index is -1.29. The van der Waals surface area contributed by atoms with Gasteiger partial charge in [-0.1, -0.05) is 6.07 Å². The van der Waals surface area contributed by atoms with E-state index in [1.165, 1.54) is 23.9 Å². The monoisotopic (exact) mass is 255 g/mol. The molecule has 0 spiro atoms. The topological polar surface area (TPSA) is 89.7 Å². The number of thioether (sulfide) groups is 1. The van der Waals surface area contributed by atoms with Crippen LogP contribution in [-0.2, 0) is 4.74 Å². The Kier molecular flexibility index (Phi) is 3.30. The Morgan fingerprint density at radius 1 is 1.53 bits per heavy atom. The van der Waals surface area contributed by atoms with Gasteiger partial charge in [0.2, 0.25) is 0 Å². The third-order valence-electron chi connectivity index (χ3n) is 2.31. The number of ether oxygens (including phenoxy) is 1. The number of rotatable bonds is 4. The highest BCUT2D eigenvalue weighted by molar-refractivity contribution is 8.00. The fraction of sp³-hybridized carbons (Fsp3) is 0.300. The van der Waals surface area contributed by atoms with Crippen molar-refractivity contribution in [1.29, 1.82) is 0 Å². The molecule has 17 heavy (non-hydrogen) atoms. The maximum Gasteiger partial charge on any atom is 0.342 e. The van der Waals surface area contributed by atoms with Gasteiger partial charge in [0, 0.05) is 0 Å². The minimum Gasteiger partial charge on any atom is -0.477 e. The third kappa shape index (κ3) is 2.40. The lowest BCUT2D eigenvalue weighted by Crippen LogP contribution is -2.30. The van der Waals surface area contributed by atoms with Gasteiger partial charge >= 0.3 is 5.97 Å². The molecular weight excluding hydrogens is 246 g/mol. The molecule has 1 aromatic rings. The second-order valence-corrected chi connectivity index (χ2v) is 4.83. The van der Waals surface area contributed by atoms with Crippen molar-refractivity contribution in [3.05, 3.63) is 33.9 Å². The van der Waals surface area contributed by atoms with Crippen LogP contribution in [0.1, 0.15) is 10.4 Å². The van der Waals surface area contributed by atoms with E-state index in [9.17, 15) is 14.9 Å². The number of nitro benzene ring substituents is 1. The van der Waals surface area contributed by atoms with Gasteiger partial charge in [0.1, 0.15) is 5.56 Å². The van der Waals surface area contributed by atoms with Crippen molar-refractivity contribution >= 4 is 23.4 Å². The number of nitro groups is 1. The van der Waals surface area contributed by atoms with Crippen LogP contribution >= 0.6 is 11.8 Å². The van der Waals surface area contributed by atoms with Gasteiger partial charge < -0.3 is 9.84 Å². The number of nitrogens with zero attached hydrogens (tertiary/aromatic N) is 1. The number of para-hydroxylation sites is 1. The molecule has 6 nitrogen and oxygen atoms in total. The smallest absolute Gasteiger partial charge is 0.342 e. The van der Waals surface area contributed by atoms with E-state index in [1.54, 1.807) is 6.07 Å². The number of hydrogen-bond acceptors (Lipinski definition) is 5. The van der Waals surface area contributed by atoms with Crippen molar-refractivity contribution in [2.45, 2.75) is 10.1 Å². The Balaban J connectivity index is 2.38. The number of hydrogen-bond donors (Lipinski definition) is 1. The van der Waals surface area contributed by atoms with E-state index in [4.69, 9.17) is 9.84 Å². The fourth-order valence-corrected chi connectivity index (χ4v) is 2.58. The van der Waals surface area contributed by atoms with Crippen molar-refractivity contribution in [1.82, 2.24) is 0 Å². The van der Waals surface area contributed by atoms with E-state index in [2.05, 4.69) is 0 Å². The van der Waals surface area contributed by atoms with Crippen molar-refractivity contribution < 1.29 is 19.6 Å². The van der Waals surface area contributed by atoms with E-state index in [-0.39, 0.29) is 16.5 Å². The number of carboxylic acid groups (broad SMARTS) is 1. The van der Waals surface area contributed by atoms with Gasteiger partial charge in [0.05, 0.1) is 28.3 Å². The number of aromatic carboxylic acids is 1. The SMILES string of the molecule is O=C(O)c1cccc(SC2COC2)c1[N+](=O)[O-]. The highest BCUT2D eigenvalue weighted by Gasteiger charge is 2.28. The molecule has 0 aromatic heterocycles. The molecule has 90 valence electrons. The molecule has 0 aliphatic carbocycles. The standard InChI is InChI=1S/C10H9NO5S/c12-10(13)7-2-1-3-8(9(7)11(14)15)17-6-4-16-5-6/h1-3,6H,4-5H2,(H,12,13). The largest absolute Gasteiger partial charge is 0.477 e. The van der Waals surface area contributed by atoms with Crippen LogP contribution in [0.3, 0.4) is 0 Å². The predicted molar refractivity (Wildman–Crippen MR) is 60.5 cm³/mol. The first kappa shape index (κ1) is 11.9. The van der Waals surface area contributed by atoms with E-state index in [0.717, 1.165) is 0 Å². The molecule has 0 radical (unpaired) electrons. The average molecular weight is 255 g/mol. The maximum absolute atomic E-state index is 10.9. The van der Waals surface area contributed by atoms with Gasteiger partial charge in [-0.2, -0.15) is 0 Å². The molecule has 1 heterocycles. The Morgan fingerprint density at radius 3 is 2.71 bits per heavy atom. The summed E-state index contributed by atoms with van der Waals surface area (Å²) in [6.07, 6.45) is 0. The first-order valence-corrected chi connectivity index (χ1v) is 5.72. The second kappa shape index (κ2) is 4.72. The molecule has 0 amide bonds. The summed E-state index contributed by atoms with van der Waals surface area (Å²) < 4.78 is 4.98. The summed E-state index contributed by atoms with van der Waals surface area (Å²) >= 11 is 1.29. The Morgan fingerprint density at radius 2 is 2.24 bits per heavy atom. The summed E-state index contributed by atoms with van der Waals surface area (Å²) in [4.78, 5) is 21.6. The summed E-state index contributed by atoms with van der Waals surface area (Å²) in [6.45, 7) is 1.08. The second-order valence-electron chi connectivity index (χ2n) is 3.49. The zero-order chi connectivity index (χ0) is 12.4. The van der Waals surface area contributed by atoms with Gasteiger partial charge in [-0.05, 0) is 12.1 Å². The summed E-state index contributed by atoms with van der Waals surface area (Å²) in [5.74, 6) is -1.29. The van der Waals surface area contributed by atoms with E-state index in [0.29, 0.717) is 18.1 Å². The molecule has 1 N–H and O–H groups in total. The third-order valence-corrected chi connectivity index (χ3v) is 3.50. The average Bonchev–Trinajstić information content (AvgIpc) is 2.22.